The van der Waals surface area contributed by atoms with Crippen LogP contribution >= 0.6 is 11.9 Å². The number of hydrogen-bond donors (Lipinski definition) is 0. The first-order chi connectivity index (χ1) is 5.83. The number of likely N-dealkylation sites (N-methyl/N-ethyl adjacent to an activating group) is 1. The second kappa shape index (κ2) is 7.90. The number of rotatable bonds is 1. The van der Waals surface area contributed by atoms with Crippen LogP contribution in [0.4, 0.5) is 0 Å². The van der Waals surface area contributed by atoms with Crippen molar-refractivity contribution in [2.24, 2.45) is 0 Å². The van der Waals surface area contributed by atoms with Crippen molar-refractivity contribution in [2.45, 2.75) is 20.3 Å². The van der Waals surface area contributed by atoms with Crippen LogP contribution in [-0.4, -0.2) is 48.7 Å². The molecule has 0 amide bonds. The average Bonchev–Trinajstić information content (AvgIpc) is 2.33. The SMILES string of the molecule is CC.CSN1CCCN(C)CC1. The van der Waals surface area contributed by atoms with Crippen LogP contribution < -0.4 is 0 Å². The van der Waals surface area contributed by atoms with Gasteiger partial charge in [0.05, 0.1) is 0 Å². The standard InChI is InChI=1S/C7H16N2S.C2H6/c1-8-4-3-5-9(10-2)7-6-8;1-2/h3-7H2,1-2H3;1-2H3. The topological polar surface area (TPSA) is 6.48 Å². The molecule has 0 radical (unpaired) electrons. The van der Waals surface area contributed by atoms with Crippen molar-refractivity contribution >= 4 is 11.9 Å². The second-order valence-electron chi connectivity index (χ2n) is 2.77. The lowest BCUT2D eigenvalue weighted by molar-refractivity contribution is 0.352. The van der Waals surface area contributed by atoms with E-state index in [-0.39, 0.29) is 0 Å². The van der Waals surface area contributed by atoms with Crippen LogP contribution in [0.2, 0.25) is 0 Å². The molecule has 0 bridgehead atoms. The average molecular weight is 190 g/mol. The molecule has 1 fully saturated rings. The zero-order chi connectivity index (χ0) is 9.40. The highest BCUT2D eigenvalue weighted by atomic mass is 32.2. The van der Waals surface area contributed by atoms with Crippen molar-refractivity contribution in [1.82, 2.24) is 9.21 Å². The van der Waals surface area contributed by atoms with Crippen molar-refractivity contribution < 1.29 is 0 Å². The Labute approximate surface area is 81.4 Å². The van der Waals surface area contributed by atoms with E-state index >= 15 is 0 Å². The van der Waals surface area contributed by atoms with E-state index in [0.717, 1.165) is 0 Å². The first kappa shape index (κ1) is 12.3. The summed E-state index contributed by atoms with van der Waals surface area (Å²) in [7, 11) is 2.20. The summed E-state index contributed by atoms with van der Waals surface area (Å²) in [6, 6.07) is 0. The van der Waals surface area contributed by atoms with E-state index in [9.17, 15) is 0 Å². The first-order valence-electron chi connectivity index (χ1n) is 4.80. The van der Waals surface area contributed by atoms with Crippen LogP contribution in [0, 0.1) is 0 Å². The third-order valence-corrected chi connectivity index (χ3v) is 2.82. The predicted molar refractivity (Wildman–Crippen MR) is 58.6 cm³/mol. The Morgan fingerprint density at radius 3 is 2.25 bits per heavy atom. The molecule has 0 N–H and O–H groups in total. The van der Waals surface area contributed by atoms with Crippen molar-refractivity contribution in [3.63, 3.8) is 0 Å². The molecule has 0 aromatic carbocycles. The third-order valence-electron chi connectivity index (χ3n) is 1.94. The molecule has 0 saturated carbocycles. The van der Waals surface area contributed by atoms with Crippen molar-refractivity contribution in [3.8, 4) is 0 Å². The highest BCUT2D eigenvalue weighted by Crippen LogP contribution is 2.08. The van der Waals surface area contributed by atoms with Gasteiger partial charge in [-0.25, -0.2) is 4.31 Å². The zero-order valence-corrected chi connectivity index (χ0v) is 9.65. The van der Waals surface area contributed by atoms with E-state index in [2.05, 4.69) is 22.5 Å². The molecule has 1 saturated heterocycles. The van der Waals surface area contributed by atoms with Gasteiger partial charge in [-0.1, -0.05) is 25.8 Å². The minimum atomic E-state index is 1.22. The molecule has 1 heterocycles. The summed E-state index contributed by atoms with van der Waals surface area (Å²) in [5.74, 6) is 0. The van der Waals surface area contributed by atoms with Gasteiger partial charge in [0, 0.05) is 19.6 Å². The molecule has 0 aromatic heterocycles. The van der Waals surface area contributed by atoms with E-state index < -0.39 is 0 Å². The maximum atomic E-state index is 2.43. The van der Waals surface area contributed by atoms with Gasteiger partial charge in [-0.05, 0) is 26.3 Å². The molecule has 12 heavy (non-hydrogen) atoms. The van der Waals surface area contributed by atoms with Crippen LogP contribution in [0.3, 0.4) is 0 Å². The fraction of sp³-hybridized carbons (Fsp3) is 1.00. The Morgan fingerprint density at radius 2 is 1.67 bits per heavy atom. The van der Waals surface area contributed by atoms with Crippen LogP contribution in [-0.2, 0) is 0 Å². The van der Waals surface area contributed by atoms with Crippen LogP contribution in [0.15, 0.2) is 0 Å². The monoisotopic (exact) mass is 190 g/mol. The van der Waals surface area contributed by atoms with E-state index in [4.69, 9.17) is 0 Å². The van der Waals surface area contributed by atoms with E-state index in [1.165, 1.54) is 32.6 Å². The second-order valence-corrected chi connectivity index (χ2v) is 3.65. The molecule has 3 heteroatoms. The summed E-state index contributed by atoms with van der Waals surface area (Å²) in [5, 5.41) is 0. The summed E-state index contributed by atoms with van der Waals surface area (Å²) in [6.45, 7) is 8.96. The summed E-state index contributed by atoms with van der Waals surface area (Å²) in [4.78, 5) is 2.40. The van der Waals surface area contributed by atoms with Gasteiger partial charge in [-0.15, -0.1) is 0 Å². The summed E-state index contributed by atoms with van der Waals surface area (Å²) >= 11 is 1.87. The maximum Gasteiger partial charge on any atom is 0.0217 e. The Balaban J connectivity index is 0.000000561. The fourth-order valence-electron chi connectivity index (χ4n) is 1.21. The molecule has 0 unspecified atom stereocenters. The normalized spacial score (nSPS) is 21.0. The molecular weight excluding hydrogens is 168 g/mol. The molecule has 74 valence electrons. The molecule has 1 rings (SSSR count). The number of nitrogens with zero attached hydrogens (tertiary/aromatic N) is 2. The summed E-state index contributed by atoms with van der Waals surface area (Å²) < 4.78 is 2.43. The smallest absolute Gasteiger partial charge is 0.0217 e. The van der Waals surface area contributed by atoms with Crippen LogP contribution in [0.1, 0.15) is 20.3 Å². The molecule has 0 aromatic rings. The molecule has 1 aliphatic rings. The summed E-state index contributed by atoms with van der Waals surface area (Å²) in [5.41, 5.74) is 0. The zero-order valence-electron chi connectivity index (χ0n) is 8.84. The van der Waals surface area contributed by atoms with Gasteiger partial charge in [0.1, 0.15) is 0 Å². The third kappa shape index (κ3) is 5.01. The van der Waals surface area contributed by atoms with Gasteiger partial charge in [0.2, 0.25) is 0 Å². The quantitative estimate of drug-likeness (QED) is 0.583. The lowest BCUT2D eigenvalue weighted by Gasteiger charge is -2.15. The van der Waals surface area contributed by atoms with E-state index in [1.807, 2.05) is 25.8 Å². The van der Waals surface area contributed by atoms with Crippen molar-refractivity contribution in [1.29, 1.82) is 0 Å². The number of hydrogen-bond acceptors (Lipinski definition) is 3. The Hall–Kier alpha value is 0.270. The molecule has 0 atom stereocenters. The van der Waals surface area contributed by atoms with Crippen molar-refractivity contribution in [3.05, 3.63) is 0 Å². The lowest BCUT2D eigenvalue weighted by atomic mass is 10.4. The van der Waals surface area contributed by atoms with Gasteiger partial charge in [0.15, 0.2) is 0 Å². The highest BCUT2D eigenvalue weighted by Gasteiger charge is 2.09. The maximum absolute atomic E-state index is 2.43. The van der Waals surface area contributed by atoms with Gasteiger partial charge < -0.3 is 4.90 Å². The van der Waals surface area contributed by atoms with E-state index in [0.29, 0.717) is 0 Å². The van der Waals surface area contributed by atoms with Crippen LogP contribution in [0.5, 0.6) is 0 Å². The minimum absolute atomic E-state index is 1.22. The Bertz CT molecular complexity index is 98.5. The first-order valence-corrected chi connectivity index (χ1v) is 5.98. The largest absolute Gasteiger partial charge is 0.305 e. The minimum Gasteiger partial charge on any atom is -0.305 e. The predicted octanol–water partition coefficient (Wildman–Crippen LogP) is 1.93. The molecule has 2 nitrogen and oxygen atoms in total. The molecule has 0 spiro atoms. The van der Waals surface area contributed by atoms with Gasteiger partial charge in [0.25, 0.3) is 0 Å². The molecule has 1 aliphatic heterocycles. The summed E-state index contributed by atoms with van der Waals surface area (Å²) in [6.07, 6.45) is 3.47. The van der Waals surface area contributed by atoms with E-state index in [1.54, 1.807) is 0 Å². The van der Waals surface area contributed by atoms with Gasteiger partial charge in [-0.2, -0.15) is 0 Å². The van der Waals surface area contributed by atoms with Crippen molar-refractivity contribution in [2.75, 3.05) is 39.5 Å². The Kier molecular flexibility index (Phi) is 8.07. The van der Waals surface area contributed by atoms with Gasteiger partial charge in [-0.3, -0.25) is 0 Å². The molecular formula is C9H22N2S. The van der Waals surface area contributed by atoms with Gasteiger partial charge >= 0.3 is 0 Å². The lowest BCUT2D eigenvalue weighted by Crippen LogP contribution is -2.24. The highest BCUT2D eigenvalue weighted by molar-refractivity contribution is 7.96. The molecule has 0 aliphatic carbocycles. The Morgan fingerprint density at radius 1 is 1.00 bits per heavy atom. The fourth-order valence-corrected chi connectivity index (χ4v) is 1.78. The van der Waals surface area contributed by atoms with Crippen LogP contribution in [0.25, 0.3) is 0 Å².